The lowest BCUT2D eigenvalue weighted by Crippen LogP contribution is -2.23. The minimum absolute atomic E-state index is 0.473. The average Bonchev–Trinajstić information content (AvgIpc) is 2.77. The molecule has 2 nitrogen and oxygen atoms in total. The lowest BCUT2D eigenvalue weighted by atomic mass is 10.1. The lowest BCUT2D eigenvalue weighted by Gasteiger charge is -2.22. The van der Waals surface area contributed by atoms with Crippen molar-refractivity contribution in [2.24, 2.45) is 11.7 Å². The van der Waals surface area contributed by atoms with Gasteiger partial charge in [-0.1, -0.05) is 41.5 Å². The first-order chi connectivity index (χ1) is 8.11. The van der Waals surface area contributed by atoms with Crippen LogP contribution in [0.15, 0.2) is 22.7 Å². The van der Waals surface area contributed by atoms with Crippen molar-refractivity contribution in [2.45, 2.75) is 19.8 Å². The predicted molar refractivity (Wildman–Crippen MR) is 80.6 cm³/mol. The summed E-state index contributed by atoms with van der Waals surface area (Å²) in [6.45, 7) is 4.48. The number of hydrogen-bond acceptors (Lipinski definition) is 2. The van der Waals surface area contributed by atoms with Crippen LogP contribution in [0.4, 0.5) is 5.69 Å². The summed E-state index contributed by atoms with van der Waals surface area (Å²) >= 11 is 8.60. The van der Waals surface area contributed by atoms with Crippen LogP contribution in [-0.4, -0.2) is 18.1 Å². The fourth-order valence-electron chi connectivity index (χ4n) is 2.37. The normalized spacial score (nSPS) is 19.6. The van der Waals surface area contributed by atoms with Gasteiger partial charge in [0.25, 0.3) is 0 Å². The number of anilines is 1. The van der Waals surface area contributed by atoms with Gasteiger partial charge in [-0.15, -0.1) is 0 Å². The Morgan fingerprint density at radius 2 is 2.35 bits per heavy atom. The molecule has 2 N–H and O–H groups in total. The van der Waals surface area contributed by atoms with Gasteiger partial charge in [0.15, 0.2) is 0 Å². The maximum absolute atomic E-state index is 5.80. The molecule has 1 atom stereocenters. The molecule has 1 saturated heterocycles. The third kappa shape index (κ3) is 2.80. The number of hydrogen-bond donors (Lipinski definition) is 1. The lowest BCUT2D eigenvalue weighted by molar-refractivity contribution is 0.569. The Balaban J connectivity index is 2.29. The highest BCUT2D eigenvalue weighted by atomic mass is 79.9. The standard InChI is InChI=1S/C13H17BrN2S/c1-2-9-5-6-16(8-9)12-4-3-10(14)7-11(12)13(15)17/h3-4,7,9H,2,5-6,8H2,1H3,(H2,15,17). The van der Waals surface area contributed by atoms with E-state index in [-0.39, 0.29) is 0 Å². The van der Waals surface area contributed by atoms with Crippen LogP contribution in [0, 0.1) is 5.92 Å². The minimum Gasteiger partial charge on any atom is -0.389 e. The van der Waals surface area contributed by atoms with Crippen molar-refractivity contribution in [3.8, 4) is 0 Å². The predicted octanol–water partition coefficient (Wildman–Crippen LogP) is 3.32. The molecule has 1 aliphatic heterocycles. The molecule has 1 aromatic carbocycles. The van der Waals surface area contributed by atoms with Gasteiger partial charge >= 0.3 is 0 Å². The quantitative estimate of drug-likeness (QED) is 0.868. The highest BCUT2D eigenvalue weighted by Gasteiger charge is 2.23. The van der Waals surface area contributed by atoms with Crippen molar-refractivity contribution in [3.05, 3.63) is 28.2 Å². The van der Waals surface area contributed by atoms with Crippen LogP contribution in [0.25, 0.3) is 0 Å². The van der Waals surface area contributed by atoms with Crippen molar-refractivity contribution < 1.29 is 0 Å². The first kappa shape index (κ1) is 12.8. The maximum atomic E-state index is 5.80. The molecule has 0 aromatic heterocycles. The molecule has 0 radical (unpaired) electrons. The first-order valence-corrected chi connectivity index (χ1v) is 7.16. The molecule has 2 rings (SSSR count). The Kier molecular flexibility index (Phi) is 4.05. The van der Waals surface area contributed by atoms with Crippen LogP contribution >= 0.6 is 28.1 Å². The maximum Gasteiger partial charge on any atom is 0.106 e. The number of nitrogens with two attached hydrogens (primary N) is 1. The molecule has 0 amide bonds. The van der Waals surface area contributed by atoms with Gasteiger partial charge in [-0.25, -0.2) is 0 Å². The summed E-state index contributed by atoms with van der Waals surface area (Å²) in [7, 11) is 0. The molecular formula is C13H17BrN2S. The van der Waals surface area contributed by atoms with Gasteiger partial charge in [0.05, 0.1) is 0 Å². The zero-order chi connectivity index (χ0) is 12.4. The fourth-order valence-corrected chi connectivity index (χ4v) is 2.89. The van der Waals surface area contributed by atoms with Gasteiger partial charge in [-0.2, -0.15) is 0 Å². The van der Waals surface area contributed by atoms with E-state index in [2.05, 4.69) is 39.9 Å². The molecule has 0 bridgehead atoms. The van der Waals surface area contributed by atoms with Crippen molar-refractivity contribution in [1.29, 1.82) is 0 Å². The molecule has 0 spiro atoms. The second kappa shape index (κ2) is 5.36. The summed E-state index contributed by atoms with van der Waals surface area (Å²) in [4.78, 5) is 2.87. The number of nitrogens with zero attached hydrogens (tertiary/aromatic N) is 1. The highest BCUT2D eigenvalue weighted by molar-refractivity contribution is 9.10. The molecule has 0 aliphatic carbocycles. The van der Waals surface area contributed by atoms with Crippen LogP contribution in [0.5, 0.6) is 0 Å². The van der Waals surface area contributed by atoms with Crippen LogP contribution in [0.2, 0.25) is 0 Å². The molecule has 4 heteroatoms. The Morgan fingerprint density at radius 1 is 1.59 bits per heavy atom. The molecule has 1 aliphatic rings. The Labute approximate surface area is 116 Å². The van der Waals surface area contributed by atoms with Crippen LogP contribution in [0.3, 0.4) is 0 Å². The number of rotatable bonds is 3. The van der Waals surface area contributed by atoms with E-state index in [0.717, 1.165) is 29.0 Å². The van der Waals surface area contributed by atoms with Gasteiger partial charge in [0, 0.05) is 28.8 Å². The third-order valence-electron chi connectivity index (χ3n) is 3.43. The van der Waals surface area contributed by atoms with E-state index in [4.69, 9.17) is 18.0 Å². The van der Waals surface area contributed by atoms with E-state index in [1.54, 1.807) is 0 Å². The van der Waals surface area contributed by atoms with Crippen molar-refractivity contribution in [1.82, 2.24) is 0 Å². The van der Waals surface area contributed by atoms with Crippen LogP contribution < -0.4 is 10.6 Å². The van der Waals surface area contributed by atoms with E-state index in [0.29, 0.717) is 4.99 Å². The molecule has 1 unspecified atom stereocenters. The van der Waals surface area contributed by atoms with E-state index >= 15 is 0 Å². The molecule has 0 saturated carbocycles. The molecule has 1 heterocycles. The highest BCUT2D eigenvalue weighted by Crippen LogP contribution is 2.30. The first-order valence-electron chi connectivity index (χ1n) is 5.96. The van der Waals surface area contributed by atoms with Gasteiger partial charge in [-0.3, -0.25) is 0 Å². The molecular weight excluding hydrogens is 296 g/mol. The Bertz CT molecular complexity index is 433. The largest absolute Gasteiger partial charge is 0.389 e. The Hall–Kier alpha value is -0.610. The van der Waals surface area contributed by atoms with Crippen molar-refractivity contribution in [2.75, 3.05) is 18.0 Å². The number of halogens is 1. The molecule has 1 fully saturated rings. The summed E-state index contributed by atoms with van der Waals surface area (Å²) in [6, 6.07) is 6.17. The zero-order valence-corrected chi connectivity index (χ0v) is 12.4. The monoisotopic (exact) mass is 312 g/mol. The van der Waals surface area contributed by atoms with Crippen LogP contribution in [-0.2, 0) is 0 Å². The minimum atomic E-state index is 0.473. The second-order valence-corrected chi connectivity index (χ2v) is 5.89. The second-order valence-electron chi connectivity index (χ2n) is 4.53. The van der Waals surface area contributed by atoms with Gasteiger partial charge in [0.2, 0.25) is 0 Å². The molecule has 92 valence electrons. The SMILES string of the molecule is CCC1CCN(c2ccc(Br)cc2C(N)=S)C1. The molecule has 1 aromatic rings. The van der Waals surface area contributed by atoms with Crippen molar-refractivity contribution >= 4 is 38.8 Å². The van der Waals surface area contributed by atoms with Crippen LogP contribution in [0.1, 0.15) is 25.3 Å². The summed E-state index contributed by atoms with van der Waals surface area (Å²) in [5.41, 5.74) is 7.96. The summed E-state index contributed by atoms with van der Waals surface area (Å²) in [6.07, 6.45) is 2.51. The van der Waals surface area contributed by atoms with E-state index in [1.807, 2.05) is 6.07 Å². The number of benzene rings is 1. The summed E-state index contributed by atoms with van der Waals surface area (Å²) in [5.74, 6) is 0.804. The van der Waals surface area contributed by atoms with Gasteiger partial charge in [0.1, 0.15) is 4.99 Å². The number of thiocarbonyl (C=S) groups is 1. The van der Waals surface area contributed by atoms with E-state index in [9.17, 15) is 0 Å². The topological polar surface area (TPSA) is 29.3 Å². The zero-order valence-electron chi connectivity index (χ0n) is 9.95. The fraction of sp³-hybridized carbons (Fsp3) is 0.462. The summed E-state index contributed by atoms with van der Waals surface area (Å²) in [5, 5.41) is 0. The smallest absolute Gasteiger partial charge is 0.106 e. The molecule has 17 heavy (non-hydrogen) atoms. The average molecular weight is 313 g/mol. The van der Waals surface area contributed by atoms with Crippen molar-refractivity contribution in [3.63, 3.8) is 0 Å². The van der Waals surface area contributed by atoms with Gasteiger partial charge < -0.3 is 10.6 Å². The third-order valence-corrected chi connectivity index (χ3v) is 4.14. The Morgan fingerprint density at radius 3 is 2.94 bits per heavy atom. The van der Waals surface area contributed by atoms with E-state index in [1.165, 1.54) is 18.5 Å². The summed E-state index contributed by atoms with van der Waals surface area (Å²) < 4.78 is 1.02. The van der Waals surface area contributed by atoms with Gasteiger partial charge in [-0.05, 0) is 30.5 Å². The van der Waals surface area contributed by atoms with E-state index < -0.39 is 0 Å².